The van der Waals surface area contributed by atoms with E-state index in [4.69, 9.17) is 9.47 Å². The molecule has 0 saturated carbocycles. The highest BCUT2D eigenvalue weighted by molar-refractivity contribution is 9.10. The van der Waals surface area contributed by atoms with Gasteiger partial charge in [-0.15, -0.1) is 5.10 Å². The quantitative estimate of drug-likeness (QED) is 0.448. The average molecular weight is 461 g/mol. The van der Waals surface area contributed by atoms with Crippen LogP contribution in [0.2, 0.25) is 0 Å². The molecule has 1 heterocycles. The molecule has 10 heteroatoms. The number of halogens is 1. The number of carbonyl (C=O) groups is 1. The van der Waals surface area contributed by atoms with Gasteiger partial charge in [0.15, 0.2) is 18.1 Å². The SMILES string of the molecule is CCOc1cc(CNc2nn[nH]n2)cc(Br)c1OCC(=O)Nc1ccc(C)cc1. The molecule has 0 saturated heterocycles. The van der Waals surface area contributed by atoms with Gasteiger partial charge in [0.2, 0.25) is 0 Å². The van der Waals surface area contributed by atoms with Crippen molar-refractivity contribution in [3.63, 3.8) is 0 Å². The standard InChI is InChI=1S/C19H21BrN6O3/c1-3-28-16-9-13(10-21-19-23-25-26-24-19)8-15(20)18(16)29-11-17(27)22-14-6-4-12(2)5-7-14/h4-9H,3,10-11H2,1-2H3,(H,22,27)(H2,21,23,24,25,26). The van der Waals surface area contributed by atoms with Crippen LogP contribution in [0.25, 0.3) is 0 Å². The Balaban J connectivity index is 1.65. The average Bonchev–Trinajstić information content (AvgIpc) is 3.21. The van der Waals surface area contributed by atoms with E-state index in [1.807, 2.05) is 50.2 Å². The highest BCUT2D eigenvalue weighted by atomic mass is 79.9. The van der Waals surface area contributed by atoms with E-state index in [0.717, 1.165) is 16.8 Å². The number of hydrogen-bond acceptors (Lipinski definition) is 7. The van der Waals surface area contributed by atoms with E-state index in [1.54, 1.807) is 0 Å². The highest BCUT2D eigenvalue weighted by Gasteiger charge is 2.14. The van der Waals surface area contributed by atoms with Crippen LogP contribution in [-0.4, -0.2) is 39.7 Å². The zero-order valence-corrected chi connectivity index (χ0v) is 17.6. The molecule has 3 aromatic rings. The smallest absolute Gasteiger partial charge is 0.263 e. The molecule has 0 bridgehead atoms. The molecule has 0 aliphatic carbocycles. The molecule has 2 aromatic carbocycles. The molecule has 0 radical (unpaired) electrons. The minimum absolute atomic E-state index is 0.146. The Kier molecular flexibility index (Phi) is 7.01. The molecule has 1 amide bonds. The molecule has 0 atom stereocenters. The summed E-state index contributed by atoms with van der Waals surface area (Å²) in [5.74, 6) is 1.14. The van der Waals surface area contributed by atoms with Gasteiger partial charge in [-0.05, 0) is 64.8 Å². The number of H-pyrrole nitrogens is 1. The summed E-state index contributed by atoms with van der Waals surface area (Å²) in [5, 5.41) is 19.4. The van der Waals surface area contributed by atoms with E-state index >= 15 is 0 Å². The van der Waals surface area contributed by atoms with Crippen LogP contribution in [0.3, 0.4) is 0 Å². The van der Waals surface area contributed by atoms with E-state index in [-0.39, 0.29) is 12.5 Å². The van der Waals surface area contributed by atoms with Gasteiger partial charge in [0.25, 0.3) is 11.9 Å². The number of carbonyl (C=O) groups excluding carboxylic acids is 1. The number of ether oxygens (including phenoxy) is 2. The number of aromatic nitrogens is 4. The summed E-state index contributed by atoms with van der Waals surface area (Å²) in [6, 6.07) is 11.3. The zero-order valence-electron chi connectivity index (χ0n) is 16.0. The molecule has 0 aliphatic heterocycles. The normalized spacial score (nSPS) is 10.4. The van der Waals surface area contributed by atoms with E-state index in [1.165, 1.54) is 0 Å². The van der Waals surface area contributed by atoms with Crippen LogP contribution >= 0.6 is 15.9 Å². The third-order valence-corrected chi connectivity index (χ3v) is 4.44. The Bertz CT molecular complexity index is 947. The molecule has 0 aliphatic rings. The largest absolute Gasteiger partial charge is 0.490 e. The maximum atomic E-state index is 12.2. The van der Waals surface area contributed by atoms with Gasteiger partial charge in [-0.2, -0.15) is 5.21 Å². The first kappa shape index (κ1) is 20.6. The van der Waals surface area contributed by atoms with Gasteiger partial charge >= 0.3 is 0 Å². The minimum atomic E-state index is -0.258. The molecular weight excluding hydrogens is 440 g/mol. The Hall–Kier alpha value is -3.14. The molecule has 3 rings (SSSR count). The summed E-state index contributed by atoms with van der Waals surface area (Å²) < 4.78 is 12.1. The first-order chi connectivity index (χ1) is 14.0. The molecular formula is C19H21BrN6O3. The lowest BCUT2D eigenvalue weighted by Gasteiger charge is -2.15. The van der Waals surface area contributed by atoms with Crippen molar-refractivity contribution in [1.82, 2.24) is 20.6 Å². The number of anilines is 2. The predicted octanol–water partition coefficient (Wildman–Crippen LogP) is 3.30. The molecule has 0 fully saturated rings. The summed E-state index contributed by atoms with van der Waals surface area (Å²) in [7, 11) is 0. The van der Waals surface area contributed by atoms with Crippen molar-refractivity contribution in [3.05, 3.63) is 52.0 Å². The fourth-order valence-corrected chi connectivity index (χ4v) is 3.12. The second-order valence-corrected chi connectivity index (χ2v) is 6.98. The minimum Gasteiger partial charge on any atom is -0.490 e. The lowest BCUT2D eigenvalue weighted by molar-refractivity contribution is -0.118. The van der Waals surface area contributed by atoms with Crippen molar-refractivity contribution in [2.45, 2.75) is 20.4 Å². The first-order valence-corrected chi connectivity index (χ1v) is 9.76. The lowest BCUT2D eigenvalue weighted by atomic mass is 10.2. The Morgan fingerprint density at radius 1 is 1.21 bits per heavy atom. The number of hydrogen-bond donors (Lipinski definition) is 3. The molecule has 0 unspecified atom stereocenters. The number of tetrazole rings is 1. The van der Waals surface area contributed by atoms with Crippen LogP contribution in [0, 0.1) is 6.92 Å². The number of nitrogens with zero attached hydrogens (tertiary/aromatic N) is 3. The van der Waals surface area contributed by atoms with Crippen molar-refractivity contribution in [2.24, 2.45) is 0 Å². The summed E-state index contributed by atoms with van der Waals surface area (Å²) in [5.41, 5.74) is 2.76. The van der Waals surface area contributed by atoms with Gasteiger partial charge in [0, 0.05) is 12.2 Å². The maximum absolute atomic E-state index is 12.2. The van der Waals surface area contributed by atoms with E-state index in [2.05, 4.69) is 47.2 Å². The van der Waals surface area contributed by atoms with Crippen LogP contribution in [-0.2, 0) is 11.3 Å². The van der Waals surface area contributed by atoms with Crippen LogP contribution in [0.15, 0.2) is 40.9 Å². The third-order valence-electron chi connectivity index (χ3n) is 3.85. The topological polar surface area (TPSA) is 114 Å². The third kappa shape index (κ3) is 5.92. The molecule has 29 heavy (non-hydrogen) atoms. The maximum Gasteiger partial charge on any atom is 0.263 e. The van der Waals surface area contributed by atoms with Crippen LogP contribution < -0.4 is 20.1 Å². The van der Waals surface area contributed by atoms with Gasteiger partial charge in [0.05, 0.1) is 11.1 Å². The molecule has 1 aromatic heterocycles. The first-order valence-electron chi connectivity index (χ1n) is 8.97. The van der Waals surface area contributed by atoms with Crippen molar-refractivity contribution < 1.29 is 14.3 Å². The fraction of sp³-hybridized carbons (Fsp3) is 0.263. The highest BCUT2D eigenvalue weighted by Crippen LogP contribution is 2.37. The predicted molar refractivity (Wildman–Crippen MR) is 112 cm³/mol. The van der Waals surface area contributed by atoms with Gasteiger partial charge in [-0.25, -0.2) is 0 Å². The van der Waals surface area contributed by atoms with Crippen LogP contribution in [0.1, 0.15) is 18.1 Å². The van der Waals surface area contributed by atoms with E-state index < -0.39 is 0 Å². The van der Waals surface area contributed by atoms with Crippen molar-refractivity contribution in [3.8, 4) is 11.5 Å². The Morgan fingerprint density at radius 2 is 2.00 bits per heavy atom. The number of amides is 1. The van der Waals surface area contributed by atoms with Gasteiger partial charge in [-0.3, -0.25) is 4.79 Å². The van der Waals surface area contributed by atoms with Crippen LogP contribution in [0.4, 0.5) is 11.6 Å². The fourth-order valence-electron chi connectivity index (χ4n) is 2.52. The van der Waals surface area contributed by atoms with Gasteiger partial charge in [-0.1, -0.05) is 22.8 Å². The Labute approximate surface area is 176 Å². The summed E-state index contributed by atoms with van der Waals surface area (Å²) in [6.07, 6.45) is 0. The summed E-state index contributed by atoms with van der Waals surface area (Å²) in [6.45, 7) is 4.65. The van der Waals surface area contributed by atoms with E-state index in [0.29, 0.717) is 35.1 Å². The number of benzene rings is 2. The van der Waals surface area contributed by atoms with Crippen molar-refractivity contribution in [2.75, 3.05) is 23.8 Å². The van der Waals surface area contributed by atoms with Crippen molar-refractivity contribution in [1.29, 1.82) is 0 Å². The number of nitrogens with one attached hydrogen (secondary N) is 3. The molecule has 0 spiro atoms. The summed E-state index contributed by atoms with van der Waals surface area (Å²) >= 11 is 3.50. The lowest BCUT2D eigenvalue weighted by Crippen LogP contribution is -2.20. The zero-order chi connectivity index (χ0) is 20.6. The second kappa shape index (κ2) is 9.87. The van der Waals surface area contributed by atoms with Gasteiger partial charge < -0.3 is 20.1 Å². The second-order valence-electron chi connectivity index (χ2n) is 6.13. The van der Waals surface area contributed by atoms with Gasteiger partial charge in [0.1, 0.15) is 0 Å². The number of aryl methyl sites for hydroxylation is 1. The molecule has 152 valence electrons. The van der Waals surface area contributed by atoms with Crippen molar-refractivity contribution >= 4 is 33.5 Å². The molecule has 3 N–H and O–H groups in total. The number of rotatable bonds is 9. The number of aromatic amines is 1. The monoisotopic (exact) mass is 460 g/mol. The molecule has 9 nitrogen and oxygen atoms in total. The Morgan fingerprint density at radius 3 is 2.69 bits per heavy atom. The summed E-state index contributed by atoms with van der Waals surface area (Å²) in [4.78, 5) is 12.2. The van der Waals surface area contributed by atoms with Crippen LogP contribution in [0.5, 0.6) is 11.5 Å². The van der Waals surface area contributed by atoms with E-state index in [9.17, 15) is 4.79 Å².